The topological polar surface area (TPSA) is 106 Å². The summed E-state index contributed by atoms with van der Waals surface area (Å²) in [7, 11) is 1.28. The average Bonchev–Trinajstić information content (AvgIpc) is 2.95. The molecule has 0 atom stereocenters. The summed E-state index contributed by atoms with van der Waals surface area (Å²) in [5.41, 5.74) is 1.24. The molecule has 25 heavy (non-hydrogen) atoms. The van der Waals surface area contributed by atoms with Crippen LogP contribution >= 0.6 is 22.9 Å². The number of nitrogens with zero attached hydrogens (tertiary/aromatic N) is 1. The van der Waals surface area contributed by atoms with Crippen molar-refractivity contribution in [2.75, 3.05) is 12.4 Å². The van der Waals surface area contributed by atoms with E-state index in [-0.39, 0.29) is 11.6 Å². The van der Waals surface area contributed by atoms with Crippen LogP contribution in [0.1, 0.15) is 4.88 Å². The summed E-state index contributed by atoms with van der Waals surface area (Å²) in [6.07, 6.45) is 1.59. The van der Waals surface area contributed by atoms with Crippen LogP contribution in [0.2, 0.25) is 5.02 Å². The van der Waals surface area contributed by atoms with Gasteiger partial charge in [0.2, 0.25) is 5.91 Å². The lowest BCUT2D eigenvalue weighted by Crippen LogP contribution is -2.08. The normalized spacial score (nSPS) is 10.6. The number of carboxylic acids is 1. The Morgan fingerprint density at radius 1 is 1.28 bits per heavy atom. The van der Waals surface area contributed by atoms with Crippen LogP contribution in [-0.2, 0) is 25.5 Å². The first-order valence-corrected chi connectivity index (χ1v) is 8.13. The van der Waals surface area contributed by atoms with Gasteiger partial charge < -0.3 is 9.84 Å². The summed E-state index contributed by atoms with van der Waals surface area (Å²) < 4.78 is 4.67. The number of esters is 1. The molecular weight excluding hydrogens is 368 g/mol. The summed E-state index contributed by atoms with van der Waals surface area (Å²) in [5, 5.41) is 11.8. The standard InChI is InChI=1S/C16H13ClN2O5S/c1-24-14(23)8-11-15(9-2-4-10(17)5-3-9)19-16(25-11)18-12(20)6-7-13(21)22/h2-7H,8H2,1H3,(H,21,22)(H,18,19,20)/b7-6-. The number of rotatable bonds is 6. The number of halogens is 1. The second-order valence-corrected chi connectivity index (χ2v) is 6.23. The number of methoxy groups -OCH3 is 1. The van der Waals surface area contributed by atoms with Crippen molar-refractivity contribution < 1.29 is 24.2 Å². The van der Waals surface area contributed by atoms with E-state index in [1.165, 1.54) is 7.11 Å². The number of thiazole rings is 1. The number of carboxylic acid groups (broad SMARTS) is 1. The summed E-state index contributed by atoms with van der Waals surface area (Å²) in [4.78, 5) is 38.7. The van der Waals surface area contributed by atoms with E-state index < -0.39 is 17.8 Å². The zero-order chi connectivity index (χ0) is 18.4. The fourth-order valence-corrected chi connectivity index (χ4v) is 2.95. The van der Waals surface area contributed by atoms with Gasteiger partial charge in [-0.15, -0.1) is 11.3 Å². The van der Waals surface area contributed by atoms with Crippen molar-refractivity contribution in [3.8, 4) is 11.3 Å². The Morgan fingerprint density at radius 3 is 2.56 bits per heavy atom. The van der Waals surface area contributed by atoms with Crippen LogP contribution in [0.3, 0.4) is 0 Å². The molecule has 0 aliphatic carbocycles. The molecule has 2 aromatic rings. The monoisotopic (exact) mass is 380 g/mol. The van der Waals surface area contributed by atoms with E-state index in [4.69, 9.17) is 16.7 Å². The van der Waals surface area contributed by atoms with Crippen molar-refractivity contribution >= 4 is 45.9 Å². The second-order valence-electron chi connectivity index (χ2n) is 4.71. The zero-order valence-electron chi connectivity index (χ0n) is 13.0. The molecule has 1 aromatic carbocycles. The second kappa shape index (κ2) is 8.41. The first kappa shape index (κ1) is 18.6. The molecule has 0 fully saturated rings. The SMILES string of the molecule is COC(=O)Cc1sc(NC(=O)/C=C\C(=O)O)nc1-c1ccc(Cl)cc1. The number of anilines is 1. The molecule has 0 spiro atoms. The van der Waals surface area contributed by atoms with E-state index >= 15 is 0 Å². The minimum atomic E-state index is -1.23. The van der Waals surface area contributed by atoms with Crippen LogP contribution in [0.25, 0.3) is 11.3 Å². The van der Waals surface area contributed by atoms with Gasteiger partial charge in [-0.3, -0.25) is 14.9 Å². The number of carbonyl (C=O) groups is 3. The maximum atomic E-state index is 11.7. The van der Waals surface area contributed by atoms with Gasteiger partial charge in [0.15, 0.2) is 5.13 Å². The maximum Gasteiger partial charge on any atom is 0.328 e. The Balaban J connectivity index is 2.31. The molecule has 130 valence electrons. The number of hydrogen-bond donors (Lipinski definition) is 2. The Bertz CT molecular complexity index is 830. The van der Waals surface area contributed by atoms with Crippen LogP contribution in [0.15, 0.2) is 36.4 Å². The predicted molar refractivity (Wildman–Crippen MR) is 93.7 cm³/mol. The van der Waals surface area contributed by atoms with Gasteiger partial charge in [0.25, 0.3) is 0 Å². The number of ether oxygens (including phenoxy) is 1. The molecule has 0 aliphatic heterocycles. The molecule has 0 bridgehead atoms. The maximum absolute atomic E-state index is 11.7. The van der Waals surface area contributed by atoms with Crippen molar-refractivity contribution in [1.29, 1.82) is 0 Å². The van der Waals surface area contributed by atoms with E-state index in [9.17, 15) is 14.4 Å². The summed E-state index contributed by atoms with van der Waals surface area (Å²) in [5.74, 6) is -2.31. The molecular formula is C16H13ClN2O5S. The van der Waals surface area contributed by atoms with E-state index in [0.29, 0.717) is 15.6 Å². The lowest BCUT2D eigenvalue weighted by molar-refractivity contribution is -0.139. The van der Waals surface area contributed by atoms with Crippen LogP contribution in [0.4, 0.5) is 5.13 Å². The number of hydrogen-bond acceptors (Lipinski definition) is 6. The van der Waals surface area contributed by atoms with Gasteiger partial charge in [0.1, 0.15) is 0 Å². The highest BCUT2D eigenvalue weighted by atomic mass is 35.5. The highest BCUT2D eigenvalue weighted by Crippen LogP contribution is 2.32. The Morgan fingerprint density at radius 2 is 1.96 bits per heavy atom. The lowest BCUT2D eigenvalue weighted by Gasteiger charge is -2.01. The van der Waals surface area contributed by atoms with Gasteiger partial charge >= 0.3 is 11.9 Å². The summed E-state index contributed by atoms with van der Waals surface area (Å²) in [6.45, 7) is 0. The molecule has 1 aromatic heterocycles. The molecule has 0 saturated carbocycles. The molecule has 1 heterocycles. The average molecular weight is 381 g/mol. The van der Waals surface area contributed by atoms with Crippen LogP contribution in [0, 0.1) is 0 Å². The van der Waals surface area contributed by atoms with E-state index in [1.54, 1.807) is 24.3 Å². The van der Waals surface area contributed by atoms with Gasteiger partial charge in [0.05, 0.1) is 19.2 Å². The number of aliphatic carboxylic acids is 1. The molecule has 9 heteroatoms. The van der Waals surface area contributed by atoms with Gasteiger partial charge in [-0.05, 0) is 12.1 Å². The Kier molecular flexibility index (Phi) is 6.26. The van der Waals surface area contributed by atoms with Crippen molar-refractivity contribution in [3.05, 3.63) is 46.3 Å². The van der Waals surface area contributed by atoms with Gasteiger partial charge in [0, 0.05) is 27.6 Å². The third-order valence-corrected chi connectivity index (χ3v) is 4.18. The molecule has 0 aliphatic rings. The molecule has 2 N–H and O–H groups in total. The number of benzene rings is 1. The van der Waals surface area contributed by atoms with Gasteiger partial charge in [-0.1, -0.05) is 23.7 Å². The van der Waals surface area contributed by atoms with E-state index in [1.807, 2.05) is 0 Å². The fraction of sp³-hybridized carbons (Fsp3) is 0.125. The highest BCUT2D eigenvalue weighted by molar-refractivity contribution is 7.16. The van der Waals surface area contributed by atoms with Crippen molar-refractivity contribution in [2.24, 2.45) is 0 Å². The predicted octanol–water partition coefficient (Wildman–Crippen LogP) is 2.76. The van der Waals surface area contributed by atoms with E-state index in [2.05, 4.69) is 15.0 Å². The highest BCUT2D eigenvalue weighted by Gasteiger charge is 2.17. The van der Waals surface area contributed by atoms with Gasteiger partial charge in [-0.2, -0.15) is 0 Å². The Hall–Kier alpha value is -2.71. The molecule has 7 nitrogen and oxygen atoms in total. The summed E-state index contributed by atoms with van der Waals surface area (Å²) >= 11 is 6.98. The summed E-state index contributed by atoms with van der Waals surface area (Å²) in [6, 6.07) is 6.86. The third kappa shape index (κ3) is 5.40. The third-order valence-electron chi connectivity index (χ3n) is 2.95. The van der Waals surface area contributed by atoms with Crippen molar-refractivity contribution in [1.82, 2.24) is 4.98 Å². The minimum Gasteiger partial charge on any atom is -0.478 e. The van der Waals surface area contributed by atoms with Crippen LogP contribution in [0.5, 0.6) is 0 Å². The molecule has 1 amide bonds. The molecule has 0 unspecified atom stereocenters. The largest absolute Gasteiger partial charge is 0.478 e. The number of carbonyl (C=O) groups excluding carboxylic acids is 2. The smallest absolute Gasteiger partial charge is 0.328 e. The van der Waals surface area contributed by atoms with Crippen molar-refractivity contribution in [3.63, 3.8) is 0 Å². The fourth-order valence-electron chi connectivity index (χ4n) is 1.86. The first-order chi connectivity index (χ1) is 11.9. The van der Waals surface area contributed by atoms with Crippen LogP contribution in [-0.4, -0.2) is 35.0 Å². The number of aromatic nitrogens is 1. The first-order valence-electron chi connectivity index (χ1n) is 6.93. The zero-order valence-corrected chi connectivity index (χ0v) is 14.6. The Labute approximate surface area is 151 Å². The molecule has 0 saturated heterocycles. The quantitative estimate of drug-likeness (QED) is 0.589. The van der Waals surface area contributed by atoms with Crippen molar-refractivity contribution in [2.45, 2.75) is 6.42 Å². The molecule has 2 rings (SSSR count). The van der Waals surface area contributed by atoms with Gasteiger partial charge in [-0.25, -0.2) is 9.78 Å². The van der Waals surface area contributed by atoms with Crippen LogP contribution < -0.4 is 5.32 Å². The minimum absolute atomic E-state index is 0.00698. The molecule has 0 radical (unpaired) electrons. The van der Waals surface area contributed by atoms with E-state index in [0.717, 1.165) is 29.1 Å². The number of nitrogens with one attached hydrogen (secondary N) is 1. The lowest BCUT2D eigenvalue weighted by atomic mass is 10.1. The number of amides is 1.